The van der Waals surface area contributed by atoms with Crippen molar-refractivity contribution in [3.8, 4) is 0 Å². The molecule has 0 spiro atoms. The van der Waals surface area contributed by atoms with Gasteiger partial charge >= 0.3 is 5.97 Å². The van der Waals surface area contributed by atoms with Gasteiger partial charge in [0.15, 0.2) is 0 Å². The van der Waals surface area contributed by atoms with Gasteiger partial charge in [-0.05, 0) is 62.5 Å². The van der Waals surface area contributed by atoms with Crippen LogP contribution in [0.5, 0.6) is 0 Å². The quantitative estimate of drug-likeness (QED) is 0.579. The van der Waals surface area contributed by atoms with Crippen LogP contribution >= 0.6 is 0 Å². The lowest BCUT2D eigenvalue weighted by atomic mass is 9.46. The molecule has 0 aromatic rings. The molecule has 5 atom stereocenters. The Kier molecular flexibility index (Phi) is 5.26. The highest BCUT2D eigenvalue weighted by Crippen LogP contribution is 2.61. The number of aliphatic hydroxyl groups excluding tert-OH is 2. The van der Waals surface area contributed by atoms with Crippen molar-refractivity contribution in [2.45, 2.75) is 59.5 Å². The molecule has 4 nitrogen and oxygen atoms in total. The lowest BCUT2D eigenvalue weighted by Gasteiger charge is -2.59. The van der Waals surface area contributed by atoms with Crippen LogP contribution in [-0.4, -0.2) is 28.9 Å². The van der Waals surface area contributed by atoms with Crippen molar-refractivity contribution in [1.29, 1.82) is 0 Å². The van der Waals surface area contributed by atoms with Crippen molar-refractivity contribution >= 4 is 5.97 Å². The second kappa shape index (κ2) is 7.06. The smallest absolute Gasteiger partial charge is 0.343 e. The molecule has 2 aliphatic carbocycles. The molecule has 0 amide bonds. The van der Waals surface area contributed by atoms with Gasteiger partial charge in [0.1, 0.15) is 5.76 Å². The van der Waals surface area contributed by atoms with Crippen molar-refractivity contribution in [3.05, 3.63) is 47.3 Å². The van der Waals surface area contributed by atoms with Crippen LogP contribution in [0.4, 0.5) is 0 Å². The van der Waals surface area contributed by atoms with Gasteiger partial charge in [-0.3, -0.25) is 0 Å². The number of carbonyl (C=O) groups excluding carboxylic acids is 1. The van der Waals surface area contributed by atoms with Crippen LogP contribution in [0.15, 0.2) is 47.3 Å². The zero-order valence-electron chi connectivity index (χ0n) is 16.9. The minimum Gasteiger partial charge on any atom is -0.423 e. The van der Waals surface area contributed by atoms with Crippen LogP contribution in [-0.2, 0) is 9.53 Å². The summed E-state index contributed by atoms with van der Waals surface area (Å²) in [6.07, 6.45) is 8.63. The average Bonchev–Trinajstić information content (AvgIpc) is 2.99. The van der Waals surface area contributed by atoms with Gasteiger partial charge in [0.25, 0.3) is 0 Å². The second-order valence-corrected chi connectivity index (χ2v) is 9.16. The Morgan fingerprint density at radius 2 is 2.07 bits per heavy atom. The molecule has 148 valence electrons. The fourth-order valence-electron chi connectivity index (χ4n) is 5.44. The van der Waals surface area contributed by atoms with Gasteiger partial charge in [0, 0.05) is 11.3 Å². The number of fused-ring (bicyclic) bond motifs is 1. The van der Waals surface area contributed by atoms with Gasteiger partial charge < -0.3 is 14.9 Å². The number of cyclic esters (lactones) is 1. The van der Waals surface area contributed by atoms with E-state index >= 15 is 0 Å². The van der Waals surface area contributed by atoms with E-state index in [9.17, 15) is 15.0 Å². The Labute approximate surface area is 162 Å². The molecule has 2 saturated carbocycles. The number of hydrogen-bond donors (Lipinski definition) is 2. The van der Waals surface area contributed by atoms with Crippen molar-refractivity contribution in [2.75, 3.05) is 6.61 Å². The summed E-state index contributed by atoms with van der Waals surface area (Å²) >= 11 is 0. The number of rotatable bonds is 3. The first-order valence-corrected chi connectivity index (χ1v) is 9.89. The summed E-state index contributed by atoms with van der Waals surface area (Å²) in [7, 11) is 0. The Hall–Kier alpha value is -1.65. The highest BCUT2D eigenvalue weighted by Gasteiger charge is 2.57. The molecule has 3 rings (SSSR count). The zero-order valence-corrected chi connectivity index (χ0v) is 16.9. The van der Waals surface area contributed by atoms with Crippen LogP contribution in [0.2, 0.25) is 0 Å². The molecular formula is C23H32O4. The van der Waals surface area contributed by atoms with Gasteiger partial charge in [-0.25, -0.2) is 4.79 Å². The van der Waals surface area contributed by atoms with Crippen LogP contribution in [0.25, 0.3) is 0 Å². The predicted octanol–water partition coefficient (Wildman–Crippen LogP) is 4.06. The molecule has 0 bridgehead atoms. The summed E-state index contributed by atoms with van der Waals surface area (Å²) in [5, 5.41) is 20.6. The SMILES string of the molecule is C=C1CCC2C(C)(CO)C(O)CCC2(C)C1C=CC1=CC(=C(C)C)OC1=O. The lowest BCUT2D eigenvalue weighted by molar-refractivity contribution is -0.145. The summed E-state index contributed by atoms with van der Waals surface area (Å²) in [6.45, 7) is 12.4. The van der Waals surface area contributed by atoms with Crippen LogP contribution < -0.4 is 0 Å². The highest BCUT2D eigenvalue weighted by molar-refractivity contribution is 5.95. The number of carbonyl (C=O) groups is 1. The number of ether oxygens (including phenoxy) is 1. The molecule has 1 aliphatic heterocycles. The van der Waals surface area contributed by atoms with Crippen LogP contribution in [0, 0.1) is 22.7 Å². The largest absolute Gasteiger partial charge is 0.423 e. The Balaban J connectivity index is 1.93. The number of aliphatic hydroxyl groups is 2. The van der Waals surface area contributed by atoms with E-state index in [1.54, 1.807) is 6.08 Å². The van der Waals surface area contributed by atoms with Gasteiger partial charge in [0.05, 0.1) is 18.3 Å². The van der Waals surface area contributed by atoms with E-state index in [0.717, 1.165) is 30.4 Å². The summed E-state index contributed by atoms with van der Waals surface area (Å²) in [5.41, 5.74) is 2.10. The summed E-state index contributed by atoms with van der Waals surface area (Å²) < 4.78 is 5.31. The van der Waals surface area contributed by atoms with E-state index in [1.807, 2.05) is 26.8 Å². The molecule has 0 radical (unpaired) electrons. The van der Waals surface area contributed by atoms with Crippen LogP contribution in [0.3, 0.4) is 0 Å². The van der Waals surface area contributed by atoms with Crippen molar-refractivity contribution in [3.63, 3.8) is 0 Å². The van der Waals surface area contributed by atoms with E-state index in [4.69, 9.17) is 4.74 Å². The molecule has 0 aromatic carbocycles. The fraction of sp³-hybridized carbons (Fsp3) is 0.609. The maximum absolute atomic E-state index is 12.1. The van der Waals surface area contributed by atoms with Gasteiger partial charge in [-0.15, -0.1) is 0 Å². The normalized spacial score (nSPS) is 39.4. The zero-order chi connectivity index (χ0) is 20.0. The van der Waals surface area contributed by atoms with Gasteiger partial charge in [0.2, 0.25) is 0 Å². The molecule has 0 aromatic heterocycles. The third-order valence-electron chi connectivity index (χ3n) is 7.24. The van der Waals surface area contributed by atoms with Crippen molar-refractivity contribution in [2.24, 2.45) is 22.7 Å². The van der Waals surface area contributed by atoms with Crippen molar-refractivity contribution in [1.82, 2.24) is 0 Å². The van der Waals surface area contributed by atoms with E-state index in [0.29, 0.717) is 17.8 Å². The molecule has 3 aliphatic rings. The van der Waals surface area contributed by atoms with E-state index in [1.165, 1.54) is 0 Å². The molecule has 0 saturated heterocycles. The molecule has 4 heteroatoms. The Morgan fingerprint density at radius 3 is 2.67 bits per heavy atom. The maximum atomic E-state index is 12.1. The lowest BCUT2D eigenvalue weighted by Crippen LogP contribution is -2.57. The first kappa shape index (κ1) is 20.1. The van der Waals surface area contributed by atoms with E-state index in [2.05, 4.69) is 19.6 Å². The van der Waals surface area contributed by atoms with E-state index < -0.39 is 11.5 Å². The first-order chi connectivity index (χ1) is 12.6. The van der Waals surface area contributed by atoms with Crippen LogP contribution in [0.1, 0.15) is 53.4 Å². The third-order valence-corrected chi connectivity index (χ3v) is 7.24. The van der Waals surface area contributed by atoms with Crippen molar-refractivity contribution < 1.29 is 19.7 Å². The number of esters is 1. The maximum Gasteiger partial charge on any atom is 0.343 e. The summed E-state index contributed by atoms with van der Waals surface area (Å²) in [5.74, 6) is 0.625. The highest BCUT2D eigenvalue weighted by atomic mass is 16.5. The second-order valence-electron chi connectivity index (χ2n) is 9.16. The molecule has 2 fully saturated rings. The minimum absolute atomic E-state index is 0.0151. The Bertz CT molecular complexity index is 739. The molecular weight excluding hydrogens is 340 g/mol. The monoisotopic (exact) mass is 372 g/mol. The standard InChI is InChI=1S/C23H32O4/c1-14(2)18-12-16(21(26)27-18)7-8-17-15(3)6-9-19-22(17,4)11-10-20(25)23(19,5)13-24/h7-8,12,17,19-20,24-25H,3,6,9-11,13H2,1-2,4-5H3. The summed E-state index contributed by atoms with van der Waals surface area (Å²) in [4.78, 5) is 12.1. The fourth-order valence-corrected chi connectivity index (χ4v) is 5.44. The number of hydrogen-bond acceptors (Lipinski definition) is 4. The topological polar surface area (TPSA) is 66.8 Å². The van der Waals surface area contributed by atoms with E-state index in [-0.39, 0.29) is 29.8 Å². The molecule has 2 N–H and O–H groups in total. The average molecular weight is 373 g/mol. The summed E-state index contributed by atoms with van der Waals surface area (Å²) in [6, 6.07) is 0. The molecule has 27 heavy (non-hydrogen) atoms. The number of allylic oxidation sites excluding steroid dienone is 4. The molecule has 1 heterocycles. The van der Waals surface area contributed by atoms with Gasteiger partial charge in [-0.2, -0.15) is 0 Å². The molecule has 5 unspecified atom stereocenters. The third kappa shape index (κ3) is 3.23. The predicted molar refractivity (Wildman–Crippen MR) is 106 cm³/mol. The first-order valence-electron chi connectivity index (χ1n) is 9.89. The minimum atomic E-state index is -0.499. The Morgan fingerprint density at radius 1 is 1.37 bits per heavy atom. The van der Waals surface area contributed by atoms with Gasteiger partial charge in [-0.1, -0.05) is 38.2 Å².